The molecule has 4 nitrogen and oxygen atoms in total. The van der Waals surface area contributed by atoms with Crippen LogP contribution in [0.5, 0.6) is 0 Å². The molecule has 0 aliphatic rings. The van der Waals surface area contributed by atoms with E-state index >= 15 is 0 Å². The number of benzene rings is 1. The summed E-state index contributed by atoms with van der Waals surface area (Å²) in [5, 5.41) is 9.39. The van der Waals surface area contributed by atoms with Gasteiger partial charge in [0, 0.05) is 17.8 Å². The number of hydrogen-bond donors (Lipinski definition) is 0. The molecule has 0 aliphatic carbocycles. The molecule has 4 aromatic rings. The Balaban J connectivity index is 0.000000124. The zero-order valence-electron chi connectivity index (χ0n) is 10.5. The number of nitrogens with zero attached hydrogens (tertiary/aromatic N) is 4. The maximum Gasteiger partial charge on any atom is 0.0886 e. The average Bonchev–Trinajstić information content (AvgIpc) is 3.25. The molecule has 100 valence electrons. The van der Waals surface area contributed by atoms with Crippen molar-refractivity contribution in [2.24, 2.45) is 0 Å². The highest BCUT2D eigenvalue weighted by Gasteiger charge is 1.88. The molecular weight excluding hydrogens is 288 g/mol. The summed E-state index contributed by atoms with van der Waals surface area (Å²) in [5.74, 6) is 0. The number of thiophene rings is 1. The van der Waals surface area contributed by atoms with Gasteiger partial charge in [-0.1, -0.05) is 28.8 Å². The van der Waals surface area contributed by atoms with Crippen LogP contribution in [-0.2, 0) is 0 Å². The van der Waals surface area contributed by atoms with E-state index in [-0.39, 0.29) is 0 Å². The topological polar surface area (TPSA) is 51.6 Å². The quantitative estimate of drug-likeness (QED) is 0.494. The molecular formula is C14H12N4S2. The monoisotopic (exact) mass is 300 g/mol. The number of para-hydroxylation sites is 2. The fraction of sp³-hybridized carbons (Fsp3) is 0. The summed E-state index contributed by atoms with van der Waals surface area (Å²) in [5.41, 5.74) is 1.90. The summed E-state index contributed by atoms with van der Waals surface area (Å²) in [6, 6.07) is 11.8. The summed E-state index contributed by atoms with van der Waals surface area (Å²) in [6.07, 6.45) is 5.05. The van der Waals surface area contributed by atoms with E-state index in [0.717, 1.165) is 11.0 Å². The first kappa shape index (κ1) is 14.2. The third kappa shape index (κ3) is 5.21. The molecule has 0 amide bonds. The molecule has 6 heteroatoms. The minimum atomic E-state index is 0.949. The van der Waals surface area contributed by atoms with Crippen LogP contribution in [0.3, 0.4) is 0 Å². The smallest absolute Gasteiger partial charge is 0.0886 e. The van der Waals surface area contributed by atoms with Crippen LogP contribution in [0, 0.1) is 0 Å². The predicted octanol–water partition coefficient (Wildman–Crippen LogP) is 3.92. The second-order valence-electron chi connectivity index (χ2n) is 3.43. The standard InChI is InChI=1S/C8H6N2.C4H4S.C2H2N2S/c1-2-4-8-7(3-1)9-5-6-10-8;1-2-4-5-3-1;1-2-5-4-3-1/h1-6H;1-4H;1-2H. The molecule has 0 radical (unpaired) electrons. The van der Waals surface area contributed by atoms with E-state index < -0.39 is 0 Å². The normalized spacial score (nSPS) is 9.00. The minimum Gasteiger partial charge on any atom is -0.253 e. The van der Waals surface area contributed by atoms with Crippen molar-refractivity contribution < 1.29 is 0 Å². The number of fused-ring (bicyclic) bond motifs is 1. The van der Waals surface area contributed by atoms with Crippen LogP contribution in [0.4, 0.5) is 0 Å². The van der Waals surface area contributed by atoms with E-state index in [0.29, 0.717) is 0 Å². The first-order valence-corrected chi connectivity index (χ1v) is 7.58. The Hall–Kier alpha value is -2.18. The maximum atomic E-state index is 4.12. The van der Waals surface area contributed by atoms with Gasteiger partial charge in [-0.3, -0.25) is 9.97 Å². The Morgan fingerprint density at radius 3 is 1.70 bits per heavy atom. The molecule has 3 heterocycles. The van der Waals surface area contributed by atoms with Crippen molar-refractivity contribution in [1.82, 2.24) is 19.6 Å². The van der Waals surface area contributed by atoms with Crippen molar-refractivity contribution in [2.45, 2.75) is 0 Å². The fourth-order valence-electron chi connectivity index (χ4n) is 1.27. The minimum absolute atomic E-state index is 0.949. The van der Waals surface area contributed by atoms with Gasteiger partial charge in [0.1, 0.15) is 0 Å². The highest BCUT2D eigenvalue weighted by molar-refractivity contribution is 7.07. The van der Waals surface area contributed by atoms with Crippen LogP contribution in [0.1, 0.15) is 0 Å². The van der Waals surface area contributed by atoms with Crippen molar-refractivity contribution in [3.63, 3.8) is 0 Å². The van der Waals surface area contributed by atoms with Crippen molar-refractivity contribution in [1.29, 1.82) is 0 Å². The summed E-state index contributed by atoms with van der Waals surface area (Å²) in [6.45, 7) is 0. The molecule has 0 aliphatic heterocycles. The Labute approximate surface area is 125 Å². The highest BCUT2D eigenvalue weighted by atomic mass is 32.1. The molecule has 0 unspecified atom stereocenters. The zero-order valence-corrected chi connectivity index (χ0v) is 12.2. The number of aromatic nitrogens is 4. The van der Waals surface area contributed by atoms with E-state index in [4.69, 9.17) is 0 Å². The van der Waals surface area contributed by atoms with Crippen molar-refractivity contribution in [3.8, 4) is 0 Å². The summed E-state index contributed by atoms with van der Waals surface area (Å²) >= 11 is 3.06. The van der Waals surface area contributed by atoms with Gasteiger partial charge in [-0.15, -0.1) is 5.10 Å². The second kappa shape index (κ2) is 8.84. The van der Waals surface area contributed by atoms with Gasteiger partial charge in [0.2, 0.25) is 0 Å². The number of rotatable bonds is 0. The molecule has 0 spiro atoms. The first-order chi connectivity index (χ1) is 9.97. The molecule has 0 atom stereocenters. The summed E-state index contributed by atoms with van der Waals surface area (Å²) in [4.78, 5) is 8.24. The Morgan fingerprint density at radius 2 is 1.35 bits per heavy atom. The lowest BCUT2D eigenvalue weighted by Crippen LogP contribution is -1.78. The van der Waals surface area contributed by atoms with Gasteiger partial charge in [0.15, 0.2) is 0 Å². The van der Waals surface area contributed by atoms with Gasteiger partial charge in [0.25, 0.3) is 0 Å². The van der Waals surface area contributed by atoms with Crippen LogP contribution in [-0.4, -0.2) is 19.6 Å². The van der Waals surface area contributed by atoms with E-state index in [1.54, 1.807) is 29.9 Å². The van der Waals surface area contributed by atoms with Crippen molar-refractivity contribution in [2.75, 3.05) is 0 Å². The lowest BCUT2D eigenvalue weighted by molar-refractivity contribution is 1.16. The van der Waals surface area contributed by atoms with E-state index in [2.05, 4.69) is 19.6 Å². The SMILES string of the molecule is c1ccc2nccnc2c1.c1ccsc1.c1csnn1. The molecule has 0 saturated carbocycles. The van der Waals surface area contributed by atoms with Crippen LogP contribution >= 0.6 is 22.9 Å². The van der Waals surface area contributed by atoms with E-state index in [9.17, 15) is 0 Å². The molecule has 1 aromatic carbocycles. The average molecular weight is 300 g/mol. The molecule has 0 bridgehead atoms. The second-order valence-corrected chi connectivity index (χ2v) is 4.89. The highest BCUT2D eigenvalue weighted by Crippen LogP contribution is 2.04. The molecule has 0 N–H and O–H groups in total. The van der Waals surface area contributed by atoms with Crippen LogP contribution in [0.25, 0.3) is 11.0 Å². The molecule has 4 rings (SSSR count). The van der Waals surface area contributed by atoms with E-state index in [1.807, 2.05) is 52.5 Å². The lowest BCUT2D eigenvalue weighted by Gasteiger charge is -1.90. The van der Waals surface area contributed by atoms with Gasteiger partial charge in [-0.25, -0.2) is 0 Å². The summed E-state index contributed by atoms with van der Waals surface area (Å²) in [7, 11) is 0. The van der Waals surface area contributed by atoms with Gasteiger partial charge < -0.3 is 0 Å². The lowest BCUT2D eigenvalue weighted by atomic mass is 10.3. The van der Waals surface area contributed by atoms with Crippen molar-refractivity contribution in [3.05, 3.63) is 71.1 Å². The van der Waals surface area contributed by atoms with Gasteiger partial charge >= 0.3 is 0 Å². The van der Waals surface area contributed by atoms with Crippen LogP contribution < -0.4 is 0 Å². The maximum absolute atomic E-state index is 4.12. The molecule has 0 saturated heterocycles. The van der Waals surface area contributed by atoms with Gasteiger partial charge in [0.05, 0.1) is 17.2 Å². The van der Waals surface area contributed by atoms with Gasteiger partial charge in [-0.2, -0.15) is 11.3 Å². The number of hydrogen-bond acceptors (Lipinski definition) is 6. The summed E-state index contributed by atoms with van der Waals surface area (Å²) < 4.78 is 3.51. The van der Waals surface area contributed by atoms with E-state index in [1.165, 1.54) is 11.5 Å². The third-order valence-electron chi connectivity index (χ3n) is 2.08. The zero-order chi connectivity index (χ0) is 13.9. The third-order valence-corrected chi connectivity index (χ3v) is 3.14. The Morgan fingerprint density at radius 1 is 0.700 bits per heavy atom. The molecule has 3 aromatic heterocycles. The molecule has 20 heavy (non-hydrogen) atoms. The largest absolute Gasteiger partial charge is 0.253 e. The predicted molar refractivity (Wildman–Crippen MR) is 83.8 cm³/mol. The van der Waals surface area contributed by atoms with Crippen LogP contribution in [0.15, 0.2) is 71.1 Å². The van der Waals surface area contributed by atoms with Crippen molar-refractivity contribution >= 4 is 33.9 Å². The Bertz CT molecular complexity index is 555. The first-order valence-electron chi connectivity index (χ1n) is 5.81. The van der Waals surface area contributed by atoms with Gasteiger partial charge in [-0.05, 0) is 34.4 Å². The Kier molecular flexibility index (Phi) is 6.29. The molecule has 0 fully saturated rings. The fourth-order valence-corrected chi connectivity index (χ4v) is 2.00. The van der Waals surface area contributed by atoms with Crippen LogP contribution in [0.2, 0.25) is 0 Å².